The Balaban J connectivity index is 4.63. The van der Waals surface area contributed by atoms with E-state index in [0.717, 1.165) is 0 Å². The molecule has 0 rings (SSSR count). The highest BCUT2D eigenvalue weighted by atomic mass is 32.2. The highest BCUT2D eigenvalue weighted by molar-refractivity contribution is 7.81. The minimum absolute atomic E-state index is 0.482. The topological polar surface area (TPSA) is 40.1 Å². The molecule has 0 aliphatic heterocycles. The van der Waals surface area contributed by atoms with Crippen molar-refractivity contribution in [3.05, 3.63) is 25.3 Å². The summed E-state index contributed by atoms with van der Waals surface area (Å²) in [6, 6.07) is 0. The Morgan fingerprint density at radius 3 is 2.00 bits per heavy atom. The van der Waals surface area contributed by atoms with E-state index in [4.69, 9.17) is 0 Å². The molecule has 1 atom stereocenters. The standard InChI is InChI=1S/C7H12O2S/c1-4-7(5-2,6-3)10(8)9/h4-5H,1-2,6H2,3H3,(H,8,9)/p-1. The van der Waals surface area contributed by atoms with Crippen LogP contribution < -0.4 is 0 Å². The summed E-state index contributed by atoms with van der Waals surface area (Å²) in [5.41, 5.74) is 0. The van der Waals surface area contributed by atoms with Gasteiger partial charge in [-0.3, -0.25) is 4.21 Å². The fourth-order valence-corrected chi connectivity index (χ4v) is 1.13. The van der Waals surface area contributed by atoms with Crippen LogP contribution >= 0.6 is 0 Å². The summed E-state index contributed by atoms with van der Waals surface area (Å²) in [6.07, 6.45) is 3.27. The highest BCUT2D eigenvalue weighted by Gasteiger charge is 2.20. The van der Waals surface area contributed by atoms with E-state index in [1.807, 2.05) is 0 Å². The SMILES string of the molecule is C=CC(C=C)(CC)S(=O)[O-]. The molecular formula is C7H11O2S-. The smallest absolute Gasteiger partial charge is 0.0678 e. The zero-order chi connectivity index (χ0) is 8.20. The first-order valence-corrected chi connectivity index (χ1v) is 4.07. The van der Waals surface area contributed by atoms with Gasteiger partial charge < -0.3 is 4.55 Å². The van der Waals surface area contributed by atoms with Gasteiger partial charge in [0.1, 0.15) is 0 Å². The van der Waals surface area contributed by atoms with Gasteiger partial charge in [-0.25, -0.2) is 0 Å². The molecule has 0 aliphatic carbocycles. The van der Waals surface area contributed by atoms with Crippen LogP contribution in [-0.2, 0) is 11.1 Å². The van der Waals surface area contributed by atoms with E-state index in [1.165, 1.54) is 12.2 Å². The van der Waals surface area contributed by atoms with Gasteiger partial charge in [0.25, 0.3) is 0 Å². The Labute approximate surface area is 63.9 Å². The van der Waals surface area contributed by atoms with Gasteiger partial charge in [-0.2, -0.15) is 0 Å². The molecule has 10 heavy (non-hydrogen) atoms. The quantitative estimate of drug-likeness (QED) is 0.459. The Morgan fingerprint density at radius 2 is 2.00 bits per heavy atom. The fourth-order valence-electron chi connectivity index (χ4n) is 0.626. The summed E-state index contributed by atoms with van der Waals surface area (Å²) in [7, 11) is 0. The van der Waals surface area contributed by atoms with Gasteiger partial charge in [-0.15, -0.1) is 13.2 Å². The van der Waals surface area contributed by atoms with Crippen LogP contribution in [0.3, 0.4) is 0 Å². The van der Waals surface area contributed by atoms with Crippen molar-refractivity contribution >= 4 is 11.1 Å². The van der Waals surface area contributed by atoms with Crippen molar-refractivity contribution in [2.45, 2.75) is 18.1 Å². The number of hydrogen-bond donors (Lipinski definition) is 0. The maximum absolute atomic E-state index is 10.6. The lowest BCUT2D eigenvalue weighted by Gasteiger charge is -2.27. The van der Waals surface area contributed by atoms with E-state index >= 15 is 0 Å². The second kappa shape index (κ2) is 3.68. The molecule has 0 saturated carbocycles. The van der Waals surface area contributed by atoms with Crippen LogP contribution in [0.25, 0.3) is 0 Å². The molecule has 3 heteroatoms. The van der Waals surface area contributed by atoms with Crippen LogP contribution in [0.1, 0.15) is 13.3 Å². The summed E-state index contributed by atoms with van der Waals surface area (Å²) < 4.78 is 20.2. The lowest BCUT2D eigenvalue weighted by Crippen LogP contribution is -2.27. The van der Waals surface area contributed by atoms with Crippen molar-refractivity contribution in [1.82, 2.24) is 0 Å². The summed E-state index contributed by atoms with van der Waals surface area (Å²) in [4.78, 5) is 0. The molecule has 0 aromatic heterocycles. The van der Waals surface area contributed by atoms with E-state index in [0.29, 0.717) is 6.42 Å². The maximum atomic E-state index is 10.6. The fraction of sp³-hybridized carbons (Fsp3) is 0.429. The van der Waals surface area contributed by atoms with E-state index in [9.17, 15) is 8.76 Å². The van der Waals surface area contributed by atoms with Gasteiger partial charge >= 0.3 is 0 Å². The molecule has 0 bridgehead atoms. The summed E-state index contributed by atoms with van der Waals surface area (Å²) in [5.74, 6) is 0. The van der Waals surface area contributed by atoms with E-state index < -0.39 is 15.8 Å². The molecule has 0 aromatic rings. The van der Waals surface area contributed by atoms with E-state index in [-0.39, 0.29) is 0 Å². The van der Waals surface area contributed by atoms with Crippen LogP contribution in [0.15, 0.2) is 25.3 Å². The highest BCUT2D eigenvalue weighted by Crippen LogP contribution is 2.19. The molecule has 0 radical (unpaired) electrons. The first-order chi connectivity index (χ1) is 4.63. The Bertz CT molecular complexity index is 155. The summed E-state index contributed by atoms with van der Waals surface area (Å²) >= 11 is -2.15. The molecule has 1 unspecified atom stereocenters. The number of rotatable bonds is 4. The second-order valence-corrected chi connectivity index (χ2v) is 3.18. The van der Waals surface area contributed by atoms with Crippen LogP contribution in [0.4, 0.5) is 0 Å². The molecule has 0 saturated heterocycles. The van der Waals surface area contributed by atoms with Crippen molar-refractivity contribution in [2.75, 3.05) is 0 Å². The maximum Gasteiger partial charge on any atom is 0.0678 e. The van der Waals surface area contributed by atoms with Crippen LogP contribution in [0.5, 0.6) is 0 Å². The molecule has 2 nitrogen and oxygen atoms in total. The van der Waals surface area contributed by atoms with Crippen LogP contribution in [0, 0.1) is 0 Å². The Kier molecular flexibility index (Phi) is 3.53. The zero-order valence-corrected chi connectivity index (χ0v) is 6.82. The predicted molar refractivity (Wildman–Crippen MR) is 42.3 cm³/mol. The van der Waals surface area contributed by atoms with Gasteiger partial charge in [-0.05, 0) is 17.5 Å². The summed E-state index contributed by atoms with van der Waals surface area (Å²) in [6.45, 7) is 8.64. The van der Waals surface area contributed by atoms with Crippen molar-refractivity contribution in [3.63, 3.8) is 0 Å². The predicted octanol–water partition coefficient (Wildman–Crippen LogP) is 1.39. The molecule has 0 spiro atoms. The minimum atomic E-state index is -2.15. The van der Waals surface area contributed by atoms with E-state index in [2.05, 4.69) is 13.2 Å². The molecule has 0 aromatic carbocycles. The average molecular weight is 159 g/mol. The van der Waals surface area contributed by atoms with E-state index in [1.54, 1.807) is 6.92 Å². The molecule has 0 N–H and O–H groups in total. The van der Waals surface area contributed by atoms with Crippen molar-refractivity contribution in [3.8, 4) is 0 Å². The number of hydrogen-bond acceptors (Lipinski definition) is 2. The summed E-state index contributed by atoms with van der Waals surface area (Å²) in [5, 5.41) is 0. The van der Waals surface area contributed by atoms with Gasteiger partial charge in [0.2, 0.25) is 0 Å². The van der Waals surface area contributed by atoms with Crippen molar-refractivity contribution < 1.29 is 8.76 Å². The van der Waals surface area contributed by atoms with Gasteiger partial charge in [0.15, 0.2) is 0 Å². The minimum Gasteiger partial charge on any atom is -0.771 e. The molecule has 0 fully saturated rings. The average Bonchev–Trinajstić information content (AvgIpc) is 1.92. The lowest BCUT2D eigenvalue weighted by atomic mass is 10.1. The largest absolute Gasteiger partial charge is 0.771 e. The van der Waals surface area contributed by atoms with Crippen molar-refractivity contribution in [1.29, 1.82) is 0 Å². The molecule has 0 amide bonds. The third-order valence-corrected chi connectivity index (χ3v) is 2.80. The second-order valence-electron chi connectivity index (χ2n) is 1.95. The first kappa shape index (κ1) is 9.59. The van der Waals surface area contributed by atoms with Crippen LogP contribution in [0.2, 0.25) is 0 Å². The van der Waals surface area contributed by atoms with Crippen LogP contribution in [-0.4, -0.2) is 13.5 Å². The Morgan fingerprint density at radius 1 is 1.60 bits per heavy atom. The molecule has 58 valence electrons. The zero-order valence-electron chi connectivity index (χ0n) is 6.00. The Hall–Kier alpha value is -0.410. The van der Waals surface area contributed by atoms with Gasteiger partial charge in [-0.1, -0.05) is 19.1 Å². The lowest BCUT2D eigenvalue weighted by molar-refractivity contribution is 0.514. The van der Waals surface area contributed by atoms with Gasteiger partial charge in [0, 0.05) is 0 Å². The molecule has 0 heterocycles. The third kappa shape index (κ3) is 1.55. The normalized spacial score (nSPS) is 14.2. The molecular weight excluding hydrogens is 148 g/mol. The third-order valence-electron chi connectivity index (χ3n) is 1.55. The first-order valence-electron chi connectivity index (χ1n) is 2.99. The molecule has 0 aliphatic rings. The van der Waals surface area contributed by atoms with Crippen molar-refractivity contribution in [2.24, 2.45) is 0 Å². The monoisotopic (exact) mass is 159 g/mol. The van der Waals surface area contributed by atoms with Gasteiger partial charge in [0.05, 0.1) is 4.75 Å².